The fraction of sp³-hybridized carbons (Fsp3) is 0.333. The molecule has 37 heavy (non-hydrogen) atoms. The summed E-state index contributed by atoms with van der Waals surface area (Å²) in [4.78, 5) is 15.8. The van der Waals surface area contributed by atoms with Crippen molar-refractivity contribution in [2.45, 2.75) is 45.1 Å². The second kappa shape index (κ2) is 12.6. The Morgan fingerprint density at radius 1 is 1.14 bits per heavy atom. The largest absolute Gasteiger partial charge is 0.445 e. The number of aliphatic hydroxyl groups is 1. The minimum atomic E-state index is -0.638. The van der Waals surface area contributed by atoms with Crippen LogP contribution in [0.3, 0.4) is 0 Å². The van der Waals surface area contributed by atoms with E-state index in [4.69, 9.17) is 37.4 Å². The lowest BCUT2D eigenvalue weighted by Crippen LogP contribution is -2.39. The fourth-order valence-corrected chi connectivity index (χ4v) is 4.46. The molecule has 1 aliphatic rings. The highest BCUT2D eigenvalue weighted by Crippen LogP contribution is 2.42. The van der Waals surface area contributed by atoms with E-state index in [1.165, 1.54) is 6.08 Å². The Morgan fingerprint density at radius 3 is 2.43 bits per heavy atom. The number of halogens is 2. The van der Waals surface area contributed by atoms with Gasteiger partial charge in [0.05, 0.1) is 31.7 Å². The van der Waals surface area contributed by atoms with Crippen molar-refractivity contribution in [3.05, 3.63) is 100 Å². The number of amides is 1. The summed E-state index contributed by atoms with van der Waals surface area (Å²) in [6.07, 6.45) is 1.43. The molecule has 0 aliphatic carbocycles. The first-order chi connectivity index (χ1) is 17.9. The summed E-state index contributed by atoms with van der Waals surface area (Å²) in [6.45, 7) is 6.48. The first-order valence-electron chi connectivity index (χ1n) is 11.9. The molecule has 0 spiro atoms. The normalized spacial score (nSPS) is 21.4. The number of hydrogen-bond acceptors (Lipinski definition) is 6. The lowest BCUT2D eigenvalue weighted by atomic mass is 9.90. The number of ether oxygens (including phenoxy) is 3. The van der Waals surface area contributed by atoms with Gasteiger partial charge in [0.2, 0.25) is 0 Å². The number of imidazole rings is 1. The van der Waals surface area contributed by atoms with E-state index in [1.54, 1.807) is 10.9 Å². The molecule has 0 saturated carbocycles. The molecule has 0 bridgehead atoms. The van der Waals surface area contributed by atoms with Gasteiger partial charge in [0, 0.05) is 18.0 Å². The van der Waals surface area contributed by atoms with Gasteiger partial charge in [-0.3, -0.25) is 0 Å². The molecule has 2 aromatic carbocycles. The molecule has 2 N–H and O–H groups in total. The zero-order valence-electron chi connectivity index (χ0n) is 20.3. The summed E-state index contributed by atoms with van der Waals surface area (Å²) < 4.78 is 19.6. The first-order valence-corrected chi connectivity index (χ1v) is 12.6. The quantitative estimate of drug-likeness (QED) is 0.340. The molecule has 2 heterocycles. The highest BCUT2D eigenvalue weighted by molar-refractivity contribution is 6.40. The third-order valence-electron chi connectivity index (χ3n) is 6.25. The second-order valence-corrected chi connectivity index (χ2v) is 9.50. The SMILES string of the molecule is C=CCOC(=O)NCc1ccc(C2OC(Cn3cnc(Cl)c3Cl)C(C)C(c3ccc(CO)cc3)O2)cc1. The van der Waals surface area contributed by atoms with E-state index in [9.17, 15) is 9.90 Å². The number of carbonyl (C=O) groups excluding carboxylic acids is 1. The number of alkyl carbamates (subject to hydrolysis) is 1. The number of rotatable bonds is 9. The zero-order valence-corrected chi connectivity index (χ0v) is 21.9. The minimum Gasteiger partial charge on any atom is -0.445 e. The smallest absolute Gasteiger partial charge is 0.407 e. The van der Waals surface area contributed by atoms with Crippen LogP contribution in [0.2, 0.25) is 10.3 Å². The zero-order chi connectivity index (χ0) is 26.4. The molecule has 8 nitrogen and oxygen atoms in total. The molecule has 1 aliphatic heterocycles. The van der Waals surface area contributed by atoms with Gasteiger partial charge < -0.3 is 29.2 Å². The molecule has 4 unspecified atom stereocenters. The molecule has 1 fully saturated rings. The standard InChI is InChI=1S/C27H29Cl2N3O5/c1-3-12-35-27(34)30-13-18-4-10-21(11-5-18)26-36-22(14-32-16-31-24(28)25(32)29)17(2)23(37-26)20-8-6-19(15-33)7-9-20/h3-11,16-17,22-23,26,33H,1,12-15H2,2H3,(H,30,34). The Kier molecular flexibility index (Phi) is 9.23. The number of carbonyl (C=O) groups is 1. The van der Waals surface area contributed by atoms with Gasteiger partial charge in [-0.1, -0.05) is 91.3 Å². The van der Waals surface area contributed by atoms with Crippen LogP contribution in [0.25, 0.3) is 0 Å². The van der Waals surface area contributed by atoms with Crippen molar-refractivity contribution in [3.63, 3.8) is 0 Å². The van der Waals surface area contributed by atoms with Crippen LogP contribution in [0.15, 0.2) is 67.5 Å². The molecule has 1 saturated heterocycles. The van der Waals surface area contributed by atoms with Gasteiger partial charge in [-0.05, 0) is 16.7 Å². The topological polar surface area (TPSA) is 94.8 Å². The average molecular weight is 546 g/mol. The maximum Gasteiger partial charge on any atom is 0.407 e. The summed E-state index contributed by atoms with van der Waals surface area (Å²) >= 11 is 12.4. The van der Waals surface area contributed by atoms with Gasteiger partial charge in [-0.25, -0.2) is 9.78 Å². The van der Waals surface area contributed by atoms with Gasteiger partial charge in [0.1, 0.15) is 11.8 Å². The van der Waals surface area contributed by atoms with E-state index >= 15 is 0 Å². The predicted molar refractivity (Wildman–Crippen MR) is 140 cm³/mol. The van der Waals surface area contributed by atoms with Crippen LogP contribution in [0.5, 0.6) is 0 Å². The van der Waals surface area contributed by atoms with Crippen LogP contribution in [0, 0.1) is 5.92 Å². The summed E-state index contributed by atoms with van der Waals surface area (Å²) in [6, 6.07) is 15.3. The summed E-state index contributed by atoms with van der Waals surface area (Å²) in [5.41, 5.74) is 3.54. The van der Waals surface area contributed by atoms with E-state index in [1.807, 2.05) is 48.5 Å². The van der Waals surface area contributed by atoms with Crippen LogP contribution in [0.4, 0.5) is 4.79 Å². The minimum absolute atomic E-state index is 0.0250. The maximum atomic E-state index is 11.7. The lowest BCUT2D eigenvalue weighted by Gasteiger charge is -2.41. The van der Waals surface area contributed by atoms with Crippen molar-refractivity contribution in [1.82, 2.24) is 14.9 Å². The molecule has 4 atom stereocenters. The van der Waals surface area contributed by atoms with E-state index in [2.05, 4.69) is 23.8 Å². The van der Waals surface area contributed by atoms with Crippen molar-refractivity contribution in [2.75, 3.05) is 6.61 Å². The van der Waals surface area contributed by atoms with Gasteiger partial charge in [-0.2, -0.15) is 0 Å². The van der Waals surface area contributed by atoms with E-state index in [-0.39, 0.29) is 36.5 Å². The van der Waals surface area contributed by atoms with Gasteiger partial charge >= 0.3 is 6.09 Å². The van der Waals surface area contributed by atoms with Crippen molar-refractivity contribution in [2.24, 2.45) is 5.92 Å². The third kappa shape index (κ3) is 6.71. The average Bonchev–Trinajstić information content (AvgIpc) is 3.24. The Labute approximate surface area is 225 Å². The number of nitrogens with zero attached hydrogens (tertiary/aromatic N) is 2. The Bertz CT molecular complexity index is 1200. The number of aromatic nitrogens is 2. The molecule has 1 amide bonds. The summed E-state index contributed by atoms with van der Waals surface area (Å²) in [7, 11) is 0. The number of hydrogen-bond donors (Lipinski definition) is 2. The number of nitrogens with one attached hydrogen (secondary N) is 1. The molecule has 196 valence electrons. The number of benzene rings is 2. The second-order valence-electron chi connectivity index (χ2n) is 8.78. The molecule has 3 aromatic rings. The van der Waals surface area contributed by atoms with E-state index in [0.29, 0.717) is 18.2 Å². The van der Waals surface area contributed by atoms with Crippen molar-refractivity contribution < 1.29 is 24.1 Å². The summed E-state index contributed by atoms with van der Waals surface area (Å²) in [5, 5.41) is 12.7. The lowest BCUT2D eigenvalue weighted by molar-refractivity contribution is -0.276. The van der Waals surface area contributed by atoms with Crippen molar-refractivity contribution in [3.8, 4) is 0 Å². The van der Waals surface area contributed by atoms with Gasteiger partial charge in [0.15, 0.2) is 11.4 Å². The molecule has 1 aromatic heterocycles. The Hall–Kier alpha value is -2.88. The highest BCUT2D eigenvalue weighted by atomic mass is 35.5. The third-order valence-corrected chi connectivity index (χ3v) is 7.02. The first kappa shape index (κ1) is 27.2. The predicted octanol–water partition coefficient (Wildman–Crippen LogP) is 5.59. The van der Waals surface area contributed by atoms with Crippen molar-refractivity contribution >= 4 is 29.3 Å². The number of aliphatic hydroxyl groups excluding tert-OH is 1. The molecule has 4 rings (SSSR count). The van der Waals surface area contributed by atoms with Crippen LogP contribution in [0.1, 0.15) is 41.6 Å². The van der Waals surface area contributed by atoms with E-state index in [0.717, 1.165) is 22.3 Å². The Morgan fingerprint density at radius 2 is 1.81 bits per heavy atom. The van der Waals surface area contributed by atoms with Gasteiger partial charge in [0.25, 0.3) is 0 Å². The van der Waals surface area contributed by atoms with Crippen LogP contribution >= 0.6 is 23.2 Å². The summed E-state index contributed by atoms with van der Waals surface area (Å²) in [5.74, 6) is -0.0291. The molecular formula is C27H29Cl2N3O5. The molecule has 10 heteroatoms. The highest BCUT2D eigenvalue weighted by Gasteiger charge is 2.38. The van der Waals surface area contributed by atoms with Gasteiger partial charge in [-0.15, -0.1) is 0 Å². The van der Waals surface area contributed by atoms with Crippen LogP contribution in [-0.4, -0.2) is 33.5 Å². The maximum absolute atomic E-state index is 11.7. The van der Waals surface area contributed by atoms with Crippen LogP contribution < -0.4 is 5.32 Å². The monoisotopic (exact) mass is 545 g/mol. The fourth-order valence-electron chi connectivity index (χ4n) is 4.14. The molecular weight excluding hydrogens is 517 g/mol. The Balaban J connectivity index is 1.53. The van der Waals surface area contributed by atoms with E-state index < -0.39 is 12.4 Å². The van der Waals surface area contributed by atoms with Crippen molar-refractivity contribution in [1.29, 1.82) is 0 Å². The van der Waals surface area contributed by atoms with Crippen LogP contribution in [-0.2, 0) is 33.9 Å². The molecule has 0 radical (unpaired) electrons.